The van der Waals surface area contributed by atoms with Gasteiger partial charge >= 0.3 is 0 Å². The number of aryl methyl sites for hydroxylation is 2. The zero-order valence-corrected chi connectivity index (χ0v) is 16.7. The minimum Gasteiger partial charge on any atom is -0.483 e. The third-order valence-corrected chi connectivity index (χ3v) is 4.89. The fourth-order valence-corrected chi connectivity index (χ4v) is 3.13. The summed E-state index contributed by atoms with van der Waals surface area (Å²) in [6.45, 7) is 7.03. The van der Waals surface area contributed by atoms with Crippen LogP contribution in [0.5, 0.6) is 5.75 Å². The van der Waals surface area contributed by atoms with Crippen molar-refractivity contribution in [3.63, 3.8) is 0 Å². The topological polar surface area (TPSA) is 61.9 Å². The molecule has 1 fully saturated rings. The summed E-state index contributed by atoms with van der Waals surface area (Å²) in [5.41, 5.74) is 3.24. The van der Waals surface area contributed by atoms with E-state index in [-0.39, 0.29) is 18.4 Å². The van der Waals surface area contributed by atoms with Gasteiger partial charge in [-0.1, -0.05) is 18.2 Å². The zero-order valence-electron chi connectivity index (χ0n) is 16.7. The Kier molecular flexibility index (Phi) is 6.31. The summed E-state index contributed by atoms with van der Waals surface area (Å²) >= 11 is 0. The number of rotatable bonds is 5. The first-order valence-electron chi connectivity index (χ1n) is 9.50. The van der Waals surface area contributed by atoms with Crippen molar-refractivity contribution in [2.24, 2.45) is 0 Å². The average molecular weight is 381 g/mol. The van der Waals surface area contributed by atoms with Crippen LogP contribution in [0.25, 0.3) is 0 Å². The van der Waals surface area contributed by atoms with Crippen molar-refractivity contribution in [1.82, 2.24) is 9.80 Å². The Morgan fingerprint density at radius 2 is 1.79 bits per heavy atom. The molecule has 2 amide bonds. The number of carbonyl (C=O) groups is 2. The smallest absolute Gasteiger partial charge is 0.262 e. The zero-order chi connectivity index (χ0) is 20.1. The molecule has 0 atom stereocenters. The second kappa shape index (κ2) is 8.89. The molecule has 2 aromatic carbocycles. The van der Waals surface area contributed by atoms with Gasteiger partial charge in [0.15, 0.2) is 6.61 Å². The van der Waals surface area contributed by atoms with E-state index in [9.17, 15) is 9.59 Å². The summed E-state index contributed by atoms with van der Waals surface area (Å²) in [5.74, 6) is 0.440. The SMILES string of the molecule is Cc1ccc(C)c(OCC(=O)Nc2cccc(C(=O)N3CCN(C)CC3)c2)c1. The van der Waals surface area contributed by atoms with Crippen LogP contribution in [0.2, 0.25) is 0 Å². The molecule has 6 heteroatoms. The standard InChI is InChI=1S/C22H27N3O3/c1-16-7-8-17(2)20(13-16)28-15-21(26)23-19-6-4-5-18(14-19)22(27)25-11-9-24(3)10-12-25/h4-8,13-14H,9-12,15H2,1-3H3,(H,23,26). The van der Waals surface area contributed by atoms with Crippen LogP contribution in [0.4, 0.5) is 5.69 Å². The van der Waals surface area contributed by atoms with Crippen LogP contribution in [0.15, 0.2) is 42.5 Å². The van der Waals surface area contributed by atoms with Crippen LogP contribution in [0.1, 0.15) is 21.5 Å². The summed E-state index contributed by atoms with van der Waals surface area (Å²) in [7, 11) is 2.05. The Bertz CT molecular complexity index is 858. The monoisotopic (exact) mass is 381 g/mol. The Morgan fingerprint density at radius 1 is 1.04 bits per heavy atom. The molecule has 0 spiro atoms. The lowest BCUT2D eigenvalue weighted by Crippen LogP contribution is -2.47. The molecule has 28 heavy (non-hydrogen) atoms. The fraction of sp³-hybridized carbons (Fsp3) is 0.364. The number of hydrogen-bond acceptors (Lipinski definition) is 4. The Hall–Kier alpha value is -2.86. The second-order valence-corrected chi connectivity index (χ2v) is 7.28. The number of nitrogens with zero attached hydrogens (tertiary/aromatic N) is 2. The third-order valence-electron chi connectivity index (χ3n) is 4.89. The van der Waals surface area contributed by atoms with E-state index in [1.165, 1.54) is 0 Å². The van der Waals surface area contributed by atoms with Crippen LogP contribution in [0.3, 0.4) is 0 Å². The van der Waals surface area contributed by atoms with Gasteiger partial charge in [-0.2, -0.15) is 0 Å². The van der Waals surface area contributed by atoms with Gasteiger partial charge in [0.25, 0.3) is 11.8 Å². The van der Waals surface area contributed by atoms with Crippen molar-refractivity contribution in [2.45, 2.75) is 13.8 Å². The largest absolute Gasteiger partial charge is 0.483 e. The van der Waals surface area contributed by atoms with Gasteiger partial charge < -0.3 is 19.9 Å². The molecule has 0 aliphatic carbocycles. The maximum Gasteiger partial charge on any atom is 0.262 e. The van der Waals surface area contributed by atoms with Crippen LogP contribution < -0.4 is 10.1 Å². The molecular weight excluding hydrogens is 354 g/mol. The highest BCUT2D eigenvalue weighted by Gasteiger charge is 2.20. The van der Waals surface area contributed by atoms with Gasteiger partial charge in [-0.05, 0) is 56.3 Å². The molecule has 0 bridgehead atoms. The molecule has 1 aliphatic heterocycles. The number of nitrogens with one attached hydrogen (secondary N) is 1. The van der Waals surface area contributed by atoms with E-state index < -0.39 is 0 Å². The van der Waals surface area contributed by atoms with Gasteiger partial charge in [-0.25, -0.2) is 0 Å². The maximum atomic E-state index is 12.7. The molecule has 2 aromatic rings. The number of piperazine rings is 1. The number of benzene rings is 2. The lowest BCUT2D eigenvalue weighted by Gasteiger charge is -2.32. The summed E-state index contributed by atoms with van der Waals surface area (Å²) in [4.78, 5) is 29.0. The highest BCUT2D eigenvalue weighted by atomic mass is 16.5. The molecule has 0 radical (unpaired) electrons. The number of ether oxygens (including phenoxy) is 1. The van der Waals surface area contributed by atoms with Crippen molar-refractivity contribution < 1.29 is 14.3 Å². The van der Waals surface area contributed by atoms with Gasteiger partial charge in [-0.3, -0.25) is 9.59 Å². The van der Waals surface area contributed by atoms with E-state index in [0.717, 1.165) is 37.3 Å². The minimum atomic E-state index is -0.259. The number of amides is 2. The molecule has 1 aliphatic rings. The van der Waals surface area contributed by atoms with Gasteiger partial charge in [0.05, 0.1) is 0 Å². The number of anilines is 1. The van der Waals surface area contributed by atoms with Gasteiger partial charge in [-0.15, -0.1) is 0 Å². The van der Waals surface area contributed by atoms with Crippen LogP contribution in [0, 0.1) is 13.8 Å². The normalized spacial score (nSPS) is 14.6. The highest BCUT2D eigenvalue weighted by Crippen LogP contribution is 2.19. The first-order chi connectivity index (χ1) is 13.4. The molecule has 0 aromatic heterocycles. The molecule has 148 valence electrons. The average Bonchev–Trinajstić information content (AvgIpc) is 2.69. The highest BCUT2D eigenvalue weighted by molar-refractivity contribution is 5.97. The van der Waals surface area contributed by atoms with Crippen molar-refractivity contribution in [2.75, 3.05) is 45.2 Å². The van der Waals surface area contributed by atoms with Crippen LogP contribution in [-0.2, 0) is 4.79 Å². The Labute approximate surface area is 166 Å². The van der Waals surface area contributed by atoms with E-state index in [0.29, 0.717) is 17.0 Å². The molecule has 0 unspecified atom stereocenters. The van der Waals surface area contributed by atoms with Crippen molar-refractivity contribution >= 4 is 17.5 Å². The third kappa shape index (κ3) is 5.10. The van der Waals surface area contributed by atoms with Gasteiger partial charge in [0.1, 0.15) is 5.75 Å². The predicted molar refractivity (Wildman–Crippen MR) is 110 cm³/mol. The second-order valence-electron chi connectivity index (χ2n) is 7.28. The molecule has 3 rings (SSSR count). The van der Waals surface area contributed by atoms with E-state index >= 15 is 0 Å². The fourth-order valence-electron chi connectivity index (χ4n) is 3.13. The first-order valence-corrected chi connectivity index (χ1v) is 9.50. The number of hydrogen-bond donors (Lipinski definition) is 1. The van der Waals surface area contributed by atoms with Gasteiger partial charge in [0, 0.05) is 37.4 Å². The van der Waals surface area contributed by atoms with Crippen molar-refractivity contribution in [1.29, 1.82) is 0 Å². The quantitative estimate of drug-likeness (QED) is 0.865. The molecule has 1 heterocycles. The molecule has 0 saturated carbocycles. The summed E-state index contributed by atoms with van der Waals surface area (Å²) < 4.78 is 5.64. The Balaban J connectivity index is 1.58. The molecule has 1 saturated heterocycles. The summed E-state index contributed by atoms with van der Waals surface area (Å²) in [6, 6.07) is 12.9. The van der Waals surface area contributed by atoms with Crippen LogP contribution >= 0.6 is 0 Å². The molecule has 6 nitrogen and oxygen atoms in total. The lowest BCUT2D eigenvalue weighted by atomic mass is 10.1. The van der Waals surface area contributed by atoms with Gasteiger partial charge in [0.2, 0.25) is 0 Å². The summed E-state index contributed by atoms with van der Waals surface area (Å²) in [5, 5.41) is 2.81. The van der Waals surface area contributed by atoms with Crippen LogP contribution in [-0.4, -0.2) is 61.4 Å². The molecule has 1 N–H and O–H groups in total. The lowest BCUT2D eigenvalue weighted by molar-refractivity contribution is -0.118. The van der Waals surface area contributed by atoms with Crippen molar-refractivity contribution in [3.8, 4) is 5.75 Å². The van der Waals surface area contributed by atoms with E-state index in [1.807, 2.05) is 36.9 Å². The minimum absolute atomic E-state index is 0.00386. The number of carbonyl (C=O) groups excluding carboxylic acids is 2. The van der Waals surface area contributed by atoms with E-state index in [2.05, 4.69) is 17.3 Å². The first kappa shape index (κ1) is 19.9. The maximum absolute atomic E-state index is 12.7. The van der Waals surface area contributed by atoms with E-state index in [1.54, 1.807) is 24.3 Å². The number of likely N-dealkylation sites (N-methyl/N-ethyl adjacent to an activating group) is 1. The Morgan fingerprint density at radius 3 is 2.54 bits per heavy atom. The predicted octanol–water partition coefficient (Wildman–Crippen LogP) is 2.71. The summed E-state index contributed by atoms with van der Waals surface area (Å²) in [6.07, 6.45) is 0. The molecular formula is C22H27N3O3. The van der Waals surface area contributed by atoms with E-state index in [4.69, 9.17) is 4.74 Å². The van der Waals surface area contributed by atoms with Crippen molar-refractivity contribution in [3.05, 3.63) is 59.2 Å².